The quantitative estimate of drug-likeness (QED) is 0.792. The van der Waals surface area contributed by atoms with Crippen molar-refractivity contribution in [3.05, 3.63) is 23.3 Å². The Balaban J connectivity index is 1.89. The number of hydrogen-bond donors (Lipinski definition) is 2. The Hall–Kier alpha value is -1.75. The molecule has 140 valence electrons. The molecule has 0 unspecified atom stereocenters. The van der Waals surface area contributed by atoms with Crippen LogP contribution < -0.4 is 0 Å². The van der Waals surface area contributed by atoms with Gasteiger partial charge in [0.05, 0.1) is 17.4 Å². The van der Waals surface area contributed by atoms with Crippen LogP contribution in [-0.2, 0) is 14.4 Å². The third kappa shape index (κ3) is 2.10. The second-order valence-electron chi connectivity index (χ2n) is 9.05. The SMILES string of the molecule is C[C@]12CCC(=O)C=C1C(CC(=O)O)=C[C@@H]1[C@@H]2CC[C@]2(C)C(=O)CC[C@@]12O. The summed E-state index contributed by atoms with van der Waals surface area (Å²) in [6.07, 6.45) is 6.79. The number of fused-ring (bicyclic) bond motifs is 5. The molecule has 0 radical (unpaired) electrons. The fourth-order valence-corrected chi connectivity index (χ4v) is 6.30. The molecule has 0 bridgehead atoms. The van der Waals surface area contributed by atoms with E-state index in [0.717, 1.165) is 12.0 Å². The summed E-state index contributed by atoms with van der Waals surface area (Å²) in [5.41, 5.74) is -0.700. The van der Waals surface area contributed by atoms with Crippen molar-refractivity contribution >= 4 is 17.5 Å². The van der Waals surface area contributed by atoms with Crippen LogP contribution >= 0.6 is 0 Å². The third-order valence-electron chi connectivity index (χ3n) is 7.94. The molecular formula is C21H26O5. The minimum Gasteiger partial charge on any atom is -0.481 e. The Bertz CT molecular complexity index is 777. The van der Waals surface area contributed by atoms with Crippen molar-refractivity contribution in [3.8, 4) is 0 Å². The van der Waals surface area contributed by atoms with E-state index in [1.807, 2.05) is 13.0 Å². The molecule has 0 aliphatic heterocycles. The molecule has 0 aromatic heterocycles. The van der Waals surface area contributed by atoms with E-state index in [-0.39, 0.29) is 35.2 Å². The van der Waals surface area contributed by atoms with Gasteiger partial charge in [0.25, 0.3) is 0 Å². The summed E-state index contributed by atoms with van der Waals surface area (Å²) in [6, 6.07) is 0. The van der Waals surface area contributed by atoms with Crippen molar-refractivity contribution in [2.24, 2.45) is 22.7 Å². The number of aliphatic carboxylic acids is 1. The average Bonchev–Trinajstić information content (AvgIpc) is 2.81. The van der Waals surface area contributed by atoms with Crippen LogP contribution in [0.1, 0.15) is 58.8 Å². The van der Waals surface area contributed by atoms with Crippen molar-refractivity contribution in [2.45, 2.75) is 64.4 Å². The highest BCUT2D eigenvalue weighted by Crippen LogP contribution is 2.65. The van der Waals surface area contributed by atoms with Gasteiger partial charge in [-0.25, -0.2) is 0 Å². The van der Waals surface area contributed by atoms with Gasteiger partial charge in [0.2, 0.25) is 0 Å². The minimum absolute atomic E-state index is 0.0441. The molecule has 26 heavy (non-hydrogen) atoms. The molecule has 0 spiro atoms. The summed E-state index contributed by atoms with van der Waals surface area (Å²) in [6.45, 7) is 3.99. The van der Waals surface area contributed by atoms with Crippen molar-refractivity contribution < 1.29 is 24.6 Å². The van der Waals surface area contributed by atoms with Crippen molar-refractivity contribution in [2.75, 3.05) is 0 Å². The van der Waals surface area contributed by atoms with Gasteiger partial charge in [0, 0.05) is 18.8 Å². The second kappa shape index (κ2) is 5.38. The summed E-state index contributed by atoms with van der Waals surface area (Å²) in [4.78, 5) is 36.0. The number of hydrogen-bond acceptors (Lipinski definition) is 4. The van der Waals surface area contributed by atoms with Crippen LogP contribution in [0.4, 0.5) is 0 Å². The average molecular weight is 358 g/mol. The molecular weight excluding hydrogens is 332 g/mol. The number of aliphatic hydroxyl groups is 1. The third-order valence-corrected chi connectivity index (χ3v) is 7.94. The number of carboxylic acid groups (broad SMARTS) is 1. The lowest BCUT2D eigenvalue weighted by Gasteiger charge is -2.59. The number of carboxylic acids is 1. The van der Waals surface area contributed by atoms with Gasteiger partial charge in [-0.1, -0.05) is 13.0 Å². The highest BCUT2D eigenvalue weighted by Gasteiger charge is 2.66. The van der Waals surface area contributed by atoms with E-state index >= 15 is 0 Å². The van der Waals surface area contributed by atoms with E-state index in [2.05, 4.69) is 6.92 Å². The Morgan fingerprint density at radius 1 is 1.19 bits per heavy atom. The zero-order valence-electron chi connectivity index (χ0n) is 15.4. The maximum atomic E-state index is 12.5. The maximum Gasteiger partial charge on any atom is 0.307 e. The van der Waals surface area contributed by atoms with Crippen LogP contribution in [0, 0.1) is 22.7 Å². The zero-order chi connectivity index (χ0) is 18.9. The summed E-state index contributed by atoms with van der Waals surface area (Å²) in [5.74, 6) is -0.885. The predicted octanol–water partition coefficient (Wildman–Crippen LogP) is 2.82. The molecule has 5 atom stereocenters. The molecule has 0 aromatic rings. The normalized spacial score (nSPS) is 44.6. The van der Waals surface area contributed by atoms with Crippen molar-refractivity contribution in [1.29, 1.82) is 0 Å². The second-order valence-corrected chi connectivity index (χ2v) is 9.05. The van der Waals surface area contributed by atoms with Gasteiger partial charge in [0.15, 0.2) is 5.78 Å². The van der Waals surface area contributed by atoms with Gasteiger partial charge in [-0.05, 0) is 61.2 Å². The molecule has 4 aliphatic rings. The summed E-state index contributed by atoms with van der Waals surface area (Å²) in [7, 11) is 0. The van der Waals surface area contributed by atoms with Gasteiger partial charge < -0.3 is 10.2 Å². The van der Waals surface area contributed by atoms with Gasteiger partial charge in [-0.15, -0.1) is 0 Å². The molecule has 5 heteroatoms. The summed E-state index contributed by atoms with van der Waals surface area (Å²) < 4.78 is 0. The number of Topliss-reactive ketones (excluding diaryl/α,β-unsaturated/α-hetero) is 1. The zero-order valence-corrected chi connectivity index (χ0v) is 15.4. The number of rotatable bonds is 2. The Morgan fingerprint density at radius 2 is 1.92 bits per heavy atom. The van der Waals surface area contributed by atoms with Crippen LogP contribution in [-0.4, -0.2) is 33.3 Å². The van der Waals surface area contributed by atoms with E-state index in [1.54, 1.807) is 6.08 Å². The van der Waals surface area contributed by atoms with Gasteiger partial charge in [-0.3, -0.25) is 14.4 Å². The molecule has 0 heterocycles. The largest absolute Gasteiger partial charge is 0.481 e. The molecule has 0 amide bonds. The first-order valence-electron chi connectivity index (χ1n) is 9.55. The molecule has 4 rings (SSSR count). The fourth-order valence-electron chi connectivity index (χ4n) is 6.30. The van der Waals surface area contributed by atoms with Crippen LogP contribution in [0.5, 0.6) is 0 Å². The number of allylic oxidation sites excluding steroid dienone is 2. The van der Waals surface area contributed by atoms with E-state index in [0.29, 0.717) is 37.7 Å². The lowest BCUT2D eigenvalue weighted by Crippen LogP contribution is -2.60. The Morgan fingerprint density at radius 3 is 2.62 bits per heavy atom. The number of carbonyl (C=O) groups excluding carboxylic acids is 2. The minimum atomic E-state index is -1.12. The highest BCUT2D eigenvalue weighted by molar-refractivity contribution is 5.93. The van der Waals surface area contributed by atoms with E-state index in [1.165, 1.54) is 0 Å². The molecule has 5 nitrogen and oxygen atoms in total. The Labute approximate surface area is 153 Å². The molecule has 0 aromatic carbocycles. The predicted molar refractivity (Wildman–Crippen MR) is 94.3 cm³/mol. The van der Waals surface area contributed by atoms with Gasteiger partial charge >= 0.3 is 5.97 Å². The smallest absolute Gasteiger partial charge is 0.307 e. The standard InChI is InChI=1S/C21H26O5/c1-19-6-3-13(22)11-15(19)12(10-18(24)25)9-16-14(19)4-7-20(2)17(23)5-8-21(16,20)26/h9,11,14,16,26H,3-8,10H2,1-2H3,(H,24,25)/t14-,16+,19+,20+,21+/m0/s1. The molecule has 2 fully saturated rings. The molecule has 2 N–H and O–H groups in total. The van der Waals surface area contributed by atoms with Crippen molar-refractivity contribution in [1.82, 2.24) is 0 Å². The Kier molecular flexibility index (Phi) is 3.65. The fraction of sp³-hybridized carbons (Fsp3) is 0.667. The van der Waals surface area contributed by atoms with E-state index < -0.39 is 17.0 Å². The van der Waals surface area contributed by atoms with Gasteiger partial charge in [-0.2, -0.15) is 0 Å². The summed E-state index contributed by atoms with van der Waals surface area (Å²) >= 11 is 0. The van der Waals surface area contributed by atoms with Gasteiger partial charge in [0.1, 0.15) is 5.78 Å². The first-order valence-corrected chi connectivity index (χ1v) is 9.55. The lowest BCUT2D eigenvalue weighted by molar-refractivity contribution is -0.163. The topological polar surface area (TPSA) is 91.7 Å². The van der Waals surface area contributed by atoms with E-state index in [9.17, 15) is 24.6 Å². The summed E-state index contributed by atoms with van der Waals surface area (Å²) in [5, 5.41) is 21.0. The van der Waals surface area contributed by atoms with Crippen LogP contribution in [0.3, 0.4) is 0 Å². The monoisotopic (exact) mass is 358 g/mol. The lowest BCUT2D eigenvalue weighted by atomic mass is 9.46. The van der Waals surface area contributed by atoms with Crippen LogP contribution in [0.25, 0.3) is 0 Å². The number of carbonyl (C=O) groups is 3. The van der Waals surface area contributed by atoms with Crippen LogP contribution in [0.2, 0.25) is 0 Å². The number of ketones is 2. The maximum absolute atomic E-state index is 12.5. The first-order chi connectivity index (χ1) is 12.1. The van der Waals surface area contributed by atoms with E-state index in [4.69, 9.17) is 0 Å². The van der Waals surface area contributed by atoms with Crippen molar-refractivity contribution in [3.63, 3.8) is 0 Å². The molecule has 2 saturated carbocycles. The molecule has 0 saturated heterocycles. The van der Waals surface area contributed by atoms with Crippen LogP contribution in [0.15, 0.2) is 23.3 Å². The molecule has 4 aliphatic carbocycles. The highest BCUT2D eigenvalue weighted by atomic mass is 16.4. The first kappa shape index (κ1) is 17.7.